The van der Waals surface area contributed by atoms with Gasteiger partial charge in [-0.1, -0.05) is 60.7 Å². The zero-order valence-corrected chi connectivity index (χ0v) is 18.8. The maximum atomic E-state index is 6.04. The highest BCUT2D eigenvalue weighted by atomic mass is 16.5. The number of H-pyrrole nitrogens is 1. The number of hydrogen-bond donors (Lipinski definition) is 1. The minimum atomic E-state index is 0.635. The largest absolute Gasteiger partial charge is 0.493 e. The van der Waals surface area contributed by atoms with Crippen LogP contribution in [-0.4, -0.2) is 36.7 Å². The normalized spacial score (nSPS) is 11.2. The molecule has 0 saturated carbocycles. The number of ether oxygens (including phenoxy) is 2. The number of para-hydroxylation sites is 3. The fraction of sp³-hybridized carbons (Fsp3) is 0.286. The number of rotatable bonds is 12. The minimum Gasteiger partial charge on any atom is -0.493 e. The van der Waals surface area contributed by atoms with Crippen molar-refractivity contribution < 1.29 is 9.47 Å². The van der Waals surface area contributed by atoms with E-state index in [-0.39, 0.29) is 0 Å². The van der Waals surface area contributed by atoms with Crippen LogP contribution in [0.4, 0.5) is 0 Å². The summed E-state index contributed by atoms with van der Waals surface area (Å²) in [7, 11) is 1.68. The Balaban J connectivity index is 1.30. The summed E-state index contributed by atoms with van der Waals surface area (Å²) in [5.74, 6) is 1.58. The molecule has 0 spiro atoms. The lowest BCUT2D eigenvalue weighted by molar-refractivity contribution is 0.196. The molecule has 0 atom stereocenters. The second kappa shape index (κ2) is 11.4. The van der Waals surface area contributed by atoms with E-state index in [9.17, 15) is 0 Å². The first kappa shape index (κ1) is 22.0. The molecule has 32 heavy (non-hydrogen) atoms. The fourth-order valence-corrected chi connectivity index (χ4v) is 4.12. The van der Waals surface area contributed by atoms with Gasteiger partial charge in [0.15, 0.2) is 11.5 Å². The highest BCUT2D eigenvalue weighted by Gasteiger charge is 2.09. The van der Waals surface area contributed by atoms with Crippen LogP contribution in [0.2, 0.25) is 0 Å². The van der Waals surface area contributed by atoms with E-state index in [4.69, 9.17) is 9.47 Å². The van der Waals surface area contributed by atoms with Crippen LogP contribution in [0.25, 0.3) is 10.9 Å². The third kappa shape index (κ3) is 5.92. The molecule has 0 bridgehead atoms. The maximum absolute atomic E-state index is 6.04. The summed E-state index contributed by atoms with van der Waals surface area (Å²) in [4.78, 5) is 5.87. The average molecular weight is 429 g/mol. The topological polar surface area (TPSA) is 37.5 Å². The van der Waals surface area contributed by atoms with Crippen molar-refractivity contribution in [3.8, 4) is 11.5 Å². The van der Waals surface area contributed by atoms with Gasteiger partial charge in [0.05, 0.1) is 7.11 Å². The highest BCUT2D eigenvalue weighted by molar-refractivity contribution is 5.82. The maximum Gasteiger partial charge on any atom is 0.161 e. The highest BCUT2D eigenvalue weighted by Crippen LogP contribution is 2.25. The number of nitrogens with one attached hydrogen (secondary N) is 1. The van der Waals surface area contributed by atoms with Gasteiger partial charge in [0.25, 0.3) is 0 Å². The van der Waals surface area contributed by atoms with Gasteiger partial charge in [0.1, 0.15) is 6.61 Å². The summed E-state index contributed by atoms with van der Waals surface area (Å²) in [5.41, 5.74) is 3.97. The number of aryl methyl sites for hydroxylation is 1. The van der Waals surface area contributed by atoms with E-state index < -0.39 is 0 Å². The molecule has 0 saturated heterocycles. The molecular weight excluding hydrogens is 396 g/mol. The Labute approximate surface area is 190 Å². The number of aromatic amines is 1. The van der Waals surface area contributed by atoms with Gasteiger partial charge in [-0.15, -0.1) is 0 Å². The Morgan fingerprint density at radius 1 is 0.781 bits per heavy atom. The van der Waals surface area contributed by atoms with Crippen molar-refractivity contribution in [1.29, 1.82) is 0 Å². The van der Waals surface area contributed by atoms with Crippen molar-refractivity contribution in [2.24, 2.45) is 0 Å². The van der Waals surface area contributed by atoms with Crippen LogP contribution in [0.3, 0.4) is 0 Å². The third-order valence-corrected chi connectivity index (χ3v) is 5.83. The van der Waals surface area contributed by atoms with E-state index >= 15 is 0 Å². The molecule has 4 aromatic rings. The smallest absolute Gasteiger partial charge is 0.161 e. The first-order chi connectivity index (χ1) is 15.8. The Morgan fingerprint density at radius 2 is 1.53 bits per heavy atom. The number of unbranched alkanes of at least 4 members (excludes halogenated alkanes) is 1. The number of methoxy groups -OCH3 is 1. The predicted molar refractivity (Wildman–Crippen MR) is 131 cm³/mol. The number of nitrogens with zero attached hydrogens (tertiary/aromatic N) is 1. The molecule has 4 heteroatoms. The van der Waals surface area contributed by atoms with E-state index in [1.54, 1.807) is 7.11 Å². The summed E-state index contributed by atoms with van der Waals surface area (Å²) in [5, 5.41) is 1.35. The second-order valence-electron chi connectivity index (χ2n) is 8.08. The van der Waals surface area contributed by atoms with Crippen molar-refractivity contribution in [3.05, 3.63) is 96.2 Å². The molecule has 3 aromatic carbocycles. The number of aromatic nitrogens is 1. The summed E-state index contributed by atoms with van der Waals surface area (Å²) >= 11 is 0. The van der Waals surface area contributed by atoms with Gasteiger partial charge < -0.3 is 14.5 Å². The predicted octanol–water partition coefficient (Wildman–Crippen LogP) is 6.08. The van der Waals surface area contributed by atoms with E-state index in [1.165, 1.54) is 28.5 Å². The molecule has 1 heterocycles. The monoisotopic (exact) mass is 428 g/mol. The number of benzene rings is 3. The molecule has 0 amide bonds. The molecule has 4 nitrogen and oxygen atoms in total. The van der Waals surface area contributed by atoms with Crippen LogP contribution in [0.1, 0.15) is 24.0 Å². The Morgan fingerprint density at radius 3 is 2.38 bits per heavy atom. The van der Waals surface area contributed by atoms with Crippen molar-refractivity contribution >= 4 is 10.9 Å². The van der Waals surface area contributed by atoms with Gasteiger partial charge in [-0.05, 0) is 55.1 Å². The van der Waals surface area contributed by atoms with Gasteiger partial charge in [-0.25, -0.2) is 0 Å². The summed E-state index contributed by atoms with van der Waals surface area (Å²) < 4.78 is 11.4. The molecule has 1 N–H and O–H groups in total. The van der Waals surface area contributed by atoms with E-state index in [0.717, 1.165) is 44.0 Å². The molecule has 0 radical (unpaired) electrons. The number of fused-ring (bicyclic) bond motifs is 1. The average Bonchev–Trinajstić information content (AvgIpc) is 3.25. The van der Waals surface area contributed by atoms with Crippen LogP contribution < -0.4 is 9.47 Å². The van der Waals surface area contributed by atoms with Gasteiger partial charge >= 0.3 is 0 Å². The molecule has 0 fully saturated rings. The van der Waals surface area contributed by atoms with Crippen molar-refractivity contribution in [2.75, 3.05) is 26.8 Å². The molecule has 166 valence electrons. The standard InChI is InChI=1S/C28H32N2O2/c1-31-27-16-7-8-17-28(27)32-20-19-30(22-23-11-3-2-4-12-23)18-10-9-13-24-21-29-26-15-6-5-14-25(24)26/h2-8,11-12,14-17,21,29H,9-10,13,18-20,22H2,1H3. The molecule has 0 aliphatic carbocycles. The van der Waals surface area contributed by atoms with Crippen molar-refractivity contribution in [3.63, 3.8) is 0 Å². The zero-order chi connectivity index (χ0) is 22.0. The molecular formula is C28H32N2O2. The third-order valence-electron chi connectivity index (χ3n) is 5.83. The number of hydrogen-bond acceptors (Lipinski definition) is 3. The SMILES string of the molecule is COc1ccccc1OCCN(CCCCc1c[nH]c2ccccc12)Cc1ccccc1. The molecule has 0 unspecified atom stereocenters. The fourth-order valence-electron chi connectivity index (χ4n) is 4.12. The van der Waals surface area contributed by atoms with Crippen LogP contribution >= 0.6 is 0 Å². The Bertz CT molecular complexity index is 1090. The van der Waals surface area contributed by atoms with Crippen LogP contribution in [0, 0.1) is 0 Å². The van der Waals surface area contributed by atoms with Crippen molar-refractivity contribution in [1.82, 2.24) is 9.88 Å². The summed E-state index contributed by atoms with van der Waals surface area (Å²) in [6.07, 6.45) is 5.58. The van der Waals surface area contributed by atoms with Gasteiger partial charge in [0, 0.05) is 30.2 Å². The van der Waals surface area contributed by atoms with Gasteiger partial charge in [-0.2, -0.15) is 0 Å². The lowest BCUT2D eigenvalue weighted by Crippen LogP contribution is -2.29. The van der Waals surface area contributed by atoms with Gasteiger partial charge in [0.2, 0.25) is 0 Å². The minimum absolute atomic E-state index is 0.635. The Hall–Kier alpha value is -3.24. The van der Waals surface area contributed by atoms with Gasteiger partial charge in [-0.3, -0.25) is 4.90 Å². The van der Waals surface area contributed by atoms with Crippen LogP contribution in [-0.2, 0) is 13.0 Å². The lowest BCUT2D eigenvalue weighted by Gasteiger charge is -2.23. The molecule has 1 aromatic heterocycles. The van der Waals surface area contributed by atoms with E-state index in [0.29, 0.717) is 6.61 Å². The van der Waals surface area contributed by atoms with E-state index in [1.807, 2.05) is 24.3 Å². The molecule has 4 rings (SSSR count). The summed E-state index contributed by atoms with van der Waals surface area (Å²) in [6, 6.07) is 27.0. The lowest BCUT2D eigenvalue weighted by atomic mass is 10.1. The first-order valence-electron chi connectivity index (χ1n) is 11.4. The Kier molecular flexibility index (Phi) is 7.83. The molecule has 0 aliphatic heterocycles. The zero-order valence-electron chi connectivity index (χ0n) is 18.8. The van der Waals surface area contributed by atoms with Crippen molar-refractivity contribution in [2.45, 2.75) is 25.8 Å². The summed E-state index contributed by atoms with van der Waals surface area (Å²) in [6.45, 7) is 3.49. The first-order valence-corrected chi connectivity index (χ1v) is 11.4. The second-order valence-corrected chi connectivity index (χ2v) is 8.08. The van der Waals surface area contributed by atoms with E-state index in [2.05, 4.69) is 70.7 Å². The quantitative estimate of drug-likeness (QED) is 0.278. The molecule has 0 aliphatic rings. The van der Waals surface area contributed by atoms with Crippen LogP contribution in [0.5, 0.6) is 11.5 Å². The van der Waals surface area contributed by atoms with Crippen LogP contribution in [0.15, 0.2) is 85.1 Å².